The Morgan fingerprint density at radius 3 is 2.74 bits per heavy atom. The van der Waals surface area contributed by atoms with Crippen molar-refractivity contribution in [1.82, 2.24) is 20.0 Å². The van der Waals surface area contributed by atoms with E-state index >= 15 is 0 Å². The molecular formula is C26H23ClFN7. The molecule has 2 aromatic carbocycles. The predicted octanol–water partition coefficient (Wildman–Crippen LogP) is 5.99. The molecule has 4 aromatic rings. The molecule has 1 unspecified atom stereocenters. The average molecular weight is 489 g/mol. The van der Waals surface area contributed by atoms with Crippen LogP contribution >= 0.6 is 11.6 Å². The Morgan fingerprint density at radius 2 is 2.06 bits per heavy atom. The van der Waals surface area contributed by atoms with Gasteiger partial charge in [-0.15, -0.1) is 5.10 Å². The number of anilines is 2. The molecule has 1 atom stereocenters. The highest BCUT2D eigenvalue weighted by Gasteiger charge is 2.38. The van der Waals surface area contributed by atoms with E-state index in [4.69, 9.17) is 11.6 Å². The molecule has 2 N–H and O–H groups in total. The Labute approximate surface area is 208 Å². The standard InChI is InChI=1S/C26H23ClFN7/c1-26(8-9-26)32-23-16(12-29)13-30-25-20(23)10-18(11-21(25)27)31-24(15-2-4-17(28)5-3-15)22-14-35(34-33-22)19-6-7-19/h2-5,10-11,13-14,19,24,31H,6-9H2,1H3,(H,30,32)/i24D. The minimum atomic E-state index is -1.58. The minimum absolute atomic E-state index is 0.0790. The first-order valence-corrected chi connectivity index (χ1v) is 11.9. The molecule has 2 aliphatic carbocycles. The molecule has 0 saturated heterocycles. The molecule has 7 nitrogen and oxygen atoms in total. The second-order valence-electron chi connectivity index (χ2n) is 9.52. The summed E-state index contributed by atoms with van der Waals surface area (Å²) < 4.78 is 25.0. The van der Waals surface area contributed by atoms with Gasteiger partial charge >= 0.3 is 0 Å². The minimum Gasteiger partial charge on any atom is -0.378 e. The Kier molecular flexibility index (Phi) is 4.84. The van der Waals surface area contributed by atoms with Crippen LogP contribution in [-0.4, -0.2) is 25.5 Å². The van der Waals surface area contributed by atoms with Crippen LogP contribution in [0.15, 0.2) is 48.8 Å². The van der Waals surface area contributed by atoms with Gasteiger partial charge in [-0.25, -0.2) is 9.07 Å². The number of fused-ring (bicyclic) bond motifs is 1. The van der Waals surface area contributed by atoms with Crippen molar-refractivity contribution in [2.24, 2.45) is 0 Å². The van der Waals surface area contributed by atoms with Crippen molar-refractivity contribution >= 4 is 33.9 Å². The van der Waals surface area contributed by atoms with Crippen LogP contribution in [0.25, 0.3) is 10.9 Å². The fourth-order valence-electron chi connectivity index (χ4n) is 4.12. The van der Waals surface area contributed by atoms with E-state index in [-0.39, 0.29) is 5.54 Å². The summed E-state index contributed by atoms with van der Waals surface area (Å²) in [6, 6.07) is 10.2. The number of nitrogens with zero attached hydrogens (tertiary/aromatic N) is 5. The monoisotopic (exact) mass is 488 g/mol. The van der Waals surface area contributed by atoms with Crippen LogP contribution in [0.5, 0.6) is 0 Å². The number of nitrogens with one attached hydrogen (secondary N) is 2. The summed E-state index contributed by atoms with van der Waals surface area (Å²) in [6.45, 7) is 2.11. The van der Waals surface area contributed by atoms with E-state index < -0.39 is 11.8 Å². The summed E-state index contributed by atoms with van der Waals surface area (Å²) in [5.41, 5.74) is 2.99. The summed E-state index contributed by atoms with van der Waals surface area (Å²) in [7, 11) is 0. The maximum Gasteiger partial charge on any atom is 0.123 e. The molecule has 2 aromatic heterocycles. The van der Waals surface area contributed by atoms with E-state index in [1.165, 1.54) is 18.3 Å². The maximum atomic E-state index is 13.7. The second kappa shape index (κ2) is 8.21. The van der Waals surface area contributed by atoms with E-state index in [0.717, 1.165) is 25.7 Å². The number of aromatic nitrogens is 4. The summed E-state index contributed by atoms with van der Waals surface area (Å²) in [6.07, 6.45) is 7.36. The van der Waals surface area contributed by atoms with Crippen LogP contribution < -0.4 is 10.6 Å². The van der Waals surface area contributed by atoms with Gasteiger partial charge in [0.05, 0.1) is 41.4 Å². The molecular weight excluding hydrogens is 465 g/mol. The molecule has 2 heterocycles. The maximum absolute atomic E-state index is 13.7. The van der Waals surface area contributed by atoms with Crippen molar-refractivity contribution < 1.29 is 5.76 Å². The highest BCUT2D eigenvalue weighted by Crippen LogP contribution is 2.42. The van der Waals surface area contributed by atoms with Gasteiger partial charge < -0.3 is 10.6 Å². The predicted molar refractivity (Wildman–Crippen MR) is 133 cm³/mol. The number of hydrogen-bond acceptors (Lipinski definition) is 6. The van der Waals surface area contributed by atoms with Gasteiger partial charge in [0.2, 0.25) is 0 Å². The SMILES string of the molecule is [2H]C(Nc1cc(Cl)c2ncc(C#N)c(NC3(C)CC3)c2c1)(c1ccc(F)cc1)c1cn(C2CC2)nn1. The zero-order valence-electron chi connectivity index (χ0n) is 20.0. The van der Waals surface area contributed by atoms with Gasteiger partial charge in [-0.1, -0.05) is 28.9 Å². The van der Waals surface area contributed by atoms with Crippen LogP contribution in [-0.2, 0) is 0 Å². The molecule has 0 spiro atoms. The lowest BCUT2D eigenvalue weighted by Crippen LogP contribution is -2.17. The summed E-state index contributed by atoms with van der Waals surface area (Å²) in [4.78, 5) is 4.42. The molecule has 2 fully saturated rings. The number of hydrogen-bond donors (Lipinski definition) is 2. The summed E-state index contributed by atoms with van der Waals surface area (Å²) >= 11 is 6.66. The van der Waals surface area contributed by atoms with Crippen LogP contribution in [0.2, 0.25) is 5.02 Å². The number of halogens is 2. The van der Waals surface area contributed by atoms with E-state index in [2.05, 4.69) is 38.9 Å². The van der Waals surface area contributed by atoms with Crippen molar-refractivity contribution in [2.75, 3.05) is 10.6 Å². The van der Waals surface area contributed by atoms with Crippen LogP contribution in [0.1, 0.15) is 62.9 Å². The third-order valence-corrected chi connectivity index (χ3v) is 6.85. The van der Waals surface area contributed by atoms with Crippen molar-refractivity contribution in [2.45, 2.75) is 50.2 Å². The Bertz CT molecular complexity index is 1520. The zero-order chi connectivity index (χ0) is 25.1. The van der Waals surface area contributed by atoms with Gasteiger partial charge in [0.25, 0.3) is 0 Å². The highest BCUT2D eigenvalue weighted by molar-refractivity contribution is 6.35. The first-order chi connectivity index (χ1) is 17.3. The molecule has 0 aliphatic heterocycles. The van der Waals surface area contributed by atoms with Gasteiger partial charge in [0.15, 0.2) is 0 Å². The Morgan fingerprint density at radius 1 is 1.29 bits per heavy atom. The topological polar surface area (TPSA) is 91.5 Å². The van der Waals surface area contributed by atoms with Crippen molar-refractivity contribution in [1.29, 1.82) is 5.26 Å². The molecule has 35 heavy (non-hydrogen) atoms. The Hall–Kier alpha value is -3.70. The molecule has 0 amide bonds. The average Bonchev–Trinajstić information content (AvgIpc) is 3.78. The van der Waals surface area contributed by atoms with Gasteiger partial charge in [-0.3, -0.25) is 4.98 Å². The van der Waals surface area contributed by atoms with Gasteiger partial charge in [-0.2, -0.15) is 5.26 Å². The van der Waals surface area contributed by atoms with Gasteiger partial charge in [0, 0.05) is 22.8 Å². The van der Waals surface area contributed by atoms with Crippen LogP contribution in [0.4, 0.5) is 15.8 Å². The lowest BCUT2D eigenvalue weighted by Gasteiger charge is -2.21. The van der Waals surface area contributed by atoms with Gasteiger partial charge in [0.1, 0.15) is 17.6 Å². The first kappa shape index (κ1) is 20.7. The fraction of sp³-hybridized carbons (Fsp3) is 0.308. The molecule has 6 rings (SSSR count). The number of rotatable bonds is 7. The zero-order valence-corrected chi connectivity index (χ0v) is 19.8. The largest absolute Gasteiger partial charge is 0.378 e. The smallest absolute Gasteiger partial charge is 0.123 e. The van der Waals surface area contributed by atoms with Crippen LogP contribution in [0.3, 0.4) is 0 Å². The molecule has 2 aliphatic rings. The van der Waals surface area contributed by atoms with Crippen molar-refractivity contribution in [3.63, 3.8) is 0 Å². The van der Waals surface area contributed by atoms with E-state index in [9.17, 15) is 11.0 Å². The third-order valence-electron chi connectivity index (χ3n) is 6.56. The fourth-order valence-corrected chi connectivity index (χ4v) is 4.39. The first-order valence-electron chi connectivity index (χ1n) is 12.1. The van der Waals surface area contributed by atoms with E-state index in [1.54, 1.807) is 29.1 Å². The second-order valence-corrected chi connectivity index (χ2v) is 9.93. The third kappa shape index (κ3) is 4.28. The normalized spacial score (nSPS) is 18.4. The highest BCUT2D eigenvalue weighted by atomic mass is 35.5. The Balaban J connectivity index is 1.47. The number of benzene rings is 2. The molecule has 176 valence electrons. The summed E-state index contributed by atoms with van der Waals surface area (Å²) in [5, 5.41) is 26.1. The molecule has 9 heteroatoms. The number of pyridine rings is 1. The molecule has 0 bridgehead atoms. The van der Waals surface area contributed by atoms with E-state index in [0.29, 0.717) is 50.2 Å². The number of nitriles is 1. The quantitative estimate of drug-likeness (QED) is 0.332. The lowest BCUT2D eigenvalue weighted by atomic mass is 10.0. The van der Waals surface area contributed by atoms with E-state index in [1.807, 2.05) is 6.07 Å². The molecule has 0 radical (unpaired) electrons. The summed E-state index contributed by atoms with van der Waals surface area (Å²) in [5.74, 6) is -0.393. The lowest BCUT2D eigenvalue weighted by molar-refractivity contribution is 0.610. The van der Waals surface area contributed by atoms with Crippen molar-refractivity contribution in [3.8, 4) is 6.07 Å². The molecule has 2 saturated carbocycles. The van der Waals surface area contributed by atoms with Crippen LogP contribution in [0, 0.1) is 17.1 Å². The van der Waals surface area contributed by atoms with Crippen molar-refractivity contribution in [3.05, 3.63) is 76.5 Å². The van der Waals surface area contributed by atoms with Gasteiger partial charge in [-0.05, 0) is 62.4 Å².